The van der Waals surface area contributed by atoms with Crippen molar-refractivity contribution in [2.24, 2.45) is 11.8 Å². The van der Waals surface area contributed by atoms with E-state index in [2.05, 4.69) is 10.9 Å². The minimum atomic E-state index is -0.995. The van der Waals surface area contributed by atoms with E-state index in [1.54, 1.807) is 6.07 Å². The van der Waals surface area contributed by atoms with Gasteiger partial charge in [0.2, 0.25) is 5.91 Å². The molecule has 142 valence electrons. The number of hydrazine groups is 1. The van der Waals surface area contributed by atoms with Crippen LogP contribution in [-0.4, -0.2) is 29.0 Å². The van der Waals surface area contributed by atoms with Crippen molar-refractivity contribution in [3.05, 3.63) is 28.2 Å². The number of benzene rings is 1. The number of carboxylic acids is 1. The first-order chi connectivity index (χ1) is 12.3. The highest BCUT2D eigenvalue weighted by Crippen LogP contribution is 2.30. The predicted octanol–water partition coefficient (Wildman–Crippen LogP) is 2.80. The molecule has 2 amide bonds. The van der Waals surface area contributed by atoms with Crippen molar-refractivity contribution >= 4 is 41.0 Å². The second-order valence-corrected chi connectivity index (χ2v) is 6.99. The van der Waals surface area contributed by atoms with Crippen LogP contribution in [0.4, 0.5) is 0 Å². The molecule has 0 unspecified atom stereocenters. The summed E-state index contributed by atoms with van der Waals surface area (Å²) >= 11 is 11.8. The summed E-state index contributed by atoms with van der Waals surface area (Å²) in [6, 6.07) is 4.59. The first-order valence-corrected chi connectivity index (χ1v) is 8.99. The highest BCUT2D eigenvalue weighted by molar-refractivity contribution is 6.35. The van der Waals surface area contributed by atoms with Gasteiger partial charge in [0.1, 0.15) is 5.75 Å². The lowest BCUT2D eigenvalue weighted by molar-refractivity contribution is -0.149. The molecule has 0 spiro atoms. The Kier molecular flexibility index (Phi) is 7.11. The van der Waals surface area contributed by atoms with Gasteiger partial charge < -0.3 is 9.84 Å². The van der Waals surface area contributed by atoms with E-state index < -0.39 is 35.7 Å². The number of carbonyl (C=O) groups excluding carboxylic acids is 2. The summed E-state index contributed by atoms with van der Waals surface area (Å²) in [5.41, 5.74) is 4.56. The standard InChI is InChI=1S/C17H20Cl2N2O5/c1-9(26-14-7-6-10(18)8-13(14)19)15(22)20-21-16(23)11-4-2-3-5-12(11)17(24)25/h6-9,11-12H,2-5H2,1H3,(H,20,22)(H,21,23)(H,24,25)/t9-,11-,12-/m0/s1. The number of aliphatic carboxylic acids is 1. The number of ether oxygens (including phenoxy) is 1. The molecule has 1 fully saturated rings. The molecule has 0 heterocycles. The summed E-state index contributed by atoms with van der Waals surface area (Å²) in [6.07, 6.45) is 1.56. The smallest absolute Gasteiger partial charge is 0.307 e. The normalized spacial score (nSPS) is 20.7. The molecule has 1 aromatic rings. The monoisotopic (exact) mass is 402 g/mol. The van der Waals surface area contributed by atoms with Gasteiger partial charge in [-0.25, -0.2) is 0 Å². The average molecular weight is 403 g/mol. The lowest BCUT2D eigenvalue weighted by Crippen LogP contribution is -2.51. The topological polar surface area (TPSA) is 105 Å². The van der Waals surface area contributed by atoms with Crippen LogP contribution in [0.25, 0.3) is 0 Å². The van der Waals surface area contributed by atoms with Crippen LogP contribution < -0.4 is 15.6 Å². The number of carboxylic acid groups (broad SMARTS) is 1. The van der Waals surface area contributed by atoms with Gasteiger partial charge in [-0.3, -0.25) is 25.2 Å². The molecular weight excluding hydrogens is 383 g/mol. The fourth-order valence-corrected chi connectivity index (χ4v) is 3.33. The largest absolute Gasteiger partial charge is 0.481 e. The second kappa shape index (κ2) is 9.09. The van der Waals surface area contributed by atoms with Gasteiger partial charge in [-0.05, 0) is 38.0 Å². The number of halogens is 2. The van der Waals surface area contributed by atoms with Crippen LogP contribution in [0.1, 0.15) is 32.6 Å². The zero-order chi connectivity index (χ0) is 19.3. The number of carbonyl (C=O) groups is 3. The zero-order valence-corrected chi connectivity index (χ0v) is 15.6. The third-order valence-electron chi connectivity index (χ3n) is 4.30. The molecule has 2 rings (SSSR count). The lowest BCUT2D eigenvalue weighted by atomic mass is 9.79. The Bertz CT molecular complexity index is 698. The van der Waals surface area contributed by atoms with Gasteiger partial charge in [0.25, 0.3) is 5.91 Å². The zero-order valence-electron chi connectivity index (χ0n) is 14.1. The van der Waals surface area contributed by atoms with Crippen molar-refractivity contribution < 1.29 is 24.2 Å². The van der Waals surface area contributed by atoms with Gasteiger partial charge in [-0.15, -0.1) is 0 Å². The maximum atomic E-state index is 12.2. The van der Waals surface area contributed by atoms with Crippen LogP contribution in [-0.2, 0) is 14.4 Å². The van der Waals surface area contributed by atoms with Crippen LogP contribution in [0, 0.1) is 11.8 Å². The molecule has 0 bridgehead atoms. The predicted molar refractivity (Wildman–Crippen MR) is 95.9 cm³/mol. The number of amides is 2. The van der Waals surface area contributed by atoms with E-state index in [1.165, 1.54) is 19.1 Å². The molecule has 1 saturated carbocycles. The number of nitrogens with one attached hydrogen (secondary N) is 2. The maximum absolute atomic E-state index is 12.2. The molecule has 26 heavy (non-hydrogen) atoms. The van der Waals surface area contributed by atoms with Gasteiger partial charge in [-0.1, -0.05) is 36.0 Å². The Morgan fingerprint density at radius 3 is 2.42 bits per heavy atom. The molecule has 1 aromatic carbocycles. The van der Waals surface area contributed by atoms with Gasteiger partial charge in [0, 0.05) is 5.02 Å². The molecule has 7 nitrogen and oxygen atoms in total. The Hall–Kier alpha value is -1.99. The quantitative estimate of drug-likeness (QED) is 0.656. The Morgan fingerprint density at radius 1 is 1.15 bits per heavy atom. The third-order valence-corrected chi connectivity index (χ3v) is 4.83. The maximum Gasteiger partial charge on any atom is 0.307 e. The van der Waals surface area contributed by atoms with Crippen molar-refractivity contribution in [3.63, 3.8) is 0 Å². The Labute approximate surface area is 161 Å². The van der Waals surface area contributed by atoms with E-state index in [-0.39, 0.29) is 10.8 Å². The van der Waals surface area contributed by atoms with E-state index in [9.17, 15) is 19.5 Å². The fraction of sp³-hybridized carbons (Fsp3) is 0.471. The van der Waals surface area contributed by atoms with Crippen LogP contribution in [0.5, 0.6) is 5.75 Å². The van der Waals surface area contributed by atoms with Crippen LogP contribution in [0.3, 0.4) is 0 Å². The van der Waals surface area contributed by atoms with E-state index >= 15 is 0 Å². The third kappa shape index (κ3) is 5.25. The Morgan fingerprint density at radius 2 is 1.81 bits per heavy atom. The van der Waals surface area contributed by atoms with E-state index in [4.69, 9.17) is 27.9 Å². The van der Waals surface area contributed by atoms with Gasteiger partial charge in [0.15, 0.2) is 6.10 Å². The first-order valence-electron chi connectivity index (χ1n) is 8.24. The summed E-state index contributed by atoms with van der Waals surface area (Å²) in [7, 11) is 0. The first kappa shape index (κ1) is 20.3. The number of hydrogen-bond donors (Lipinski definition) is 3. The van der Waals surface area contributed by atoms with Crippen LogP contribution in [0.2, 0.25) is 10.0 Å². The van der Waals surface area contributed by atoms with Crippen molar-refractivity contribution in [1.29, 1.82) is 0 Å². The van der Waals surface area contributed by atoms with E-state index in [1.807, 2.05) is 0 Å². The number of hydrogen-bond acceptors (Lipinski definition) is 4. The highest BCUT2D eigenvalue weighted by Gasteiger charge is 2.36. The summed E-state index contributed by atoms with van der Waals surface area (Å²) in [5.74, 6) is -3.21. The van der Waals surface area contributed by atoms with E-state index in [0.717, 1.165) is 12.8 Å². The van der Waals surface area contributed by atoms with Crippen molar-refractivity contribution in [1.82, 2.24) is 10.9 Å². The fourth-order valence-electron chi connectivity index (χ4n) is 2.87. The lowest BCUT2D eigenvalue weighted by Gasteiger charge is -2.27. The minimum absolute atomic E-state index is 0.257. The summed E-state index contributed by atoms with van der Waals surface area (Å²) < 4.78 is 5.45. The molecule has 0 aromatic heterocycles. The molecule has 0 aliphatic heterocycles. The van der Waals surface area contributed by atoms with Crippen molar-refractivity contribution in [3.8, 4) is 5.75 Å². The Balaban J connectivity index is 1.88. The second-order valence-electron chi connectivity index (χ2n) is 6.15. The molecule has 1 aliphatic rings. The molecule has 1 aliphatic carbocycles. The summed E-state index contributed by atoms with van der Waals surface area (Å²) in [4.78, 5) is 35.6. The molecular formula is C17H20Cl2N2O5. The van der Waals surface area contributed by atoms with Gasteiger partial charge in [0.05, 0.1) is 16.9 Å². The molecule has 3 atom stereocenters. The molecule has 0 radical (unpaired) electrons. The van der Waals surface area contributed by atoms with Gasteiger partial charge >= 0.3 is 5.97 Å². The summed E-state index contributed by atoms with van der Waals surface area (Å²) in [6.45, 7) is 1.49. The average Bonchev–Trinajstić information content (AvgIpc) is 2.61. The summed E-state index contributed by atoms with van der Waals surface area (Å²) in [5, 5.41) is 9.92. The number of rotatable bonds is 5. The van der Waals surface area contributed by atoms with Crippen molar-refractivity contribution in [2.45, 2.75) is 38.7 Å². The van der Waals surface area contributed by atoms with Crippen LogP contribution in [0.15, 0.2) is 18.2 Å². The molecule has 9 heteroatoms. The van der Waals surface area contributed by atoms with Crippen LogP contribution >= 0.6 is 23.2 Å². The SMILES string of the molecule is C[C@H](Oc1ccc(Cl)cc1Cl)C(=O)NNC(=O)[C@H]1CCCC[C@@H]1C(=O)O. The van der Waals surface area contributed by atoms with Gasteiger partial charge in [-0.2, -0.15) is 0 Å². The minimum Gasteiger partial charge on any atom is -0.481 e. The molecule has 3 N–H and O–H groups in total. The molecule has 0 saturated heterocycles. The van der Waals surface area contributed by atoms with Crippen molar-refractivity contribution in [2.75, 3.05) is 0 Å². The highest BCUT2D eigenvalue weighted by atomic mass is 35.5. The van der Waals surface area contributed by atoms with E-state index in [0.29, 0.717) is 17.9 Å².